The van der Waals surface area contributed by atoms with Gasteiger partial charge < -0.3 is 5.11 Å². The number of nitrogens with zero attached hydrogens (tertiary/aromatic N) is 1. The van der Waals surface area contributed by atoms with Crippen molar-refractivity contribution in [2.24, 2.45) is 0 Å². The van der Waals surface area contributed by atoms with Crippen LogP contribution in [0, 0.1) is 0 Å². The number of halogens is 1. The fraction of sp³-hybridized carbons (Fsp3) is 0.533. The molecular weight excluding hydrogens is 306 g/mol. The molecule has 0 saturated carbocycles. The Kier molecular flexibility index (Phi) is 4.02. The number of aliphatic carboxylic acids is 1. The number of carbonyl (C=O) groups is 1. The lowest BCUT2D eigenvalue weighted by Crippen LogP contribution is -2.46. The number of rotatable bonds is 3. The molecule has 19 heavy (non-hydrogen) atoms. The van der Waals surface area contributed by atoms with Crippen molar-refractivity contribution in [2.45, 2.75) is 45.2 Å². The lowest BCUT2D eigenvalue weighted by Gasteiger charge is -2.39. The predicted molar refractivity (Wildman–Crippen MR) is 79.3 cm³/mol. The highest BCUT2D eigenvalue weighted by Crippen LogP contribution is 2.41. The molecule has 2 rings (SSSR count). The van der Waals surface area contributed by atoms with Gasteiger partial charge >= 0.3 is 5.97 Å². The first-order chi connectivity index (χ1) is 8.80. The summed E-state index contributed by atoms with van der Waals surface area (Å²) in [7, 11) is 0. The van der Waals surface area contributed by atoms with Crippen LogP contribution in [0.15, 0.2) is 22.7 Å². The van der Waals surface area contributed by atoms with Crippen LogP contribution in [0.2, 0.25) is 0 Å². The lowest BCUT2D eigenvalue weighted by atomic mass is 9.99. The number of benzene rings is 1. The topological polar surface area (TPSA) is 40.5 Å². The third-order valence-corrected chi connectivity index (χ3v) is 4.47. The summed E-state index contributed by atoms with van der Waals surface area (Å²) in [5, 5.41) is 9.16. The van der Waals surface area contributed by atoms with Gasteiger partial charge in [0.2, 0.25) is 0 Å². The Morgan fingerprint density at radius 1 is 1.47 bits per heavy atom. The van der Waals surface area contributed by atoms with Crippen molar-refractivity contribution >= 4 is 21.9 Å². The Morgan fingerprint density at radius 2 is 2.16 bits per heavy atom. The Bertz CT molecular complexity index is 493. The number of hydrogen-bond donors (Lipinski definition) is 1. The van der Waals surface area contributed by atoms with Crippen LogP contribution in [0.4, 0.5) is 0 Å². The van der Waals surface area contributed by atoms with Crippen LogP contribution in [0.25, 0.3) is 0 Å². The summed E-state index contributed by atoms with van der Waals surface area (Å²) in [4.78, 5) is 13.2. The highest BCUT2D eigenvalue weighted by atomic mass is 79.9. The molecular formula is C15H20BrNO2. The van der Waals surface area contributed by atoms with E-state index in [1.54, 1.807) is 0 Å². The minimum atomic E-state index is -0.765. The van der Waals surface area contributed by atoms with E-state index in [-0.39, 0.29) is 18.1 Å². The summed E-state index contributed by atoms with van der Waals surface area (Å²) < 4.78 is 1.14. The normalized spacial score (nSPS) is 18.7. The maximum Gasteiger partial charge on any atom is 0.317 e. The first kappa shape index (κ1) is 14.5. The quantitative estimate of drug-likeness (QED) is 0.922. The van der Waals surface area contributed by atoms with E-state index in [9.17, 15) is 4.79 Å². The minimum Gasteiger partial charge on any atom is -0.480 e. The first-order valence-corrected chi connectivity index (χ1v) is 7.36. The molecule has 0 spiro atoms. The van der Waals surface area contributed by atoms with Crippen molar-refractivity contribution in [1.29, 1.82) is 0 Å². The summed E-state index contributed by atoms with van der Waals surface area (Å²) in [5.41, 5.74) is 2.44. The second-order valence-corrected chi connectivity index (χ2v) is 6.91. The average molecular weight is 326 g/mol. The van der Waals surface area contributed by atoms with Crippen molar-refractivity contribution < 1.29 is 9.90 Å². The van der Waals surface area contributed by atoms with E-state index in [1.807, 2.05) is 6.07 Å². The zero-order valence-corrected chi connectivity index (χ0v) is 13.2. The lowest BCUT2D eigenvalue weighted by molar-refractivity contribution is -0.140. The van der Waals surface area contributed by atoms with Crippen molar-refractivity contribution in [3.05, 3.63) is 33.8 Å². The molecule has 1 aromatic carbocycles. The fourth-order valence-corrected chi connectivity index (χ4v) is 3.45. The summed E-state index contributed by atoms with van der Waals surface area (Å²) in [6, 6.07) is 6.41. The number of carboxylic acids is 1. The van der Waals surface area contributed by atoms with E-state index in [2.05, 4.69) is 53.7 Å². The second-order valence-electron chi connectivity index (χ2n) is 6.05. The summed E-state index contributed by atoms with van der Waals surface area (Å²) in [6.07, 6.45) is 2.00. The minimum absolute atomic E-state index is 0.0835. The van der Waals surface area contributed by atoms with Crippen molar-refractivity contribution in [2.75, 3.05) is 6.54 Å². The van der Waals surface area contributed by atoms with Gasteiger partial charge in [0.25, 0.3) is 0 Å². The molecule has 0 bridgehead atoms. The second kappa shape index (κ2) is 5.25. The van der Waals surface area contributed by atoms with Gasteiger partial charge in [0.1, 0.15) is 0 Å². The van der Waals surface area contributed by atoms with E-state index in [0.29, 0.717) is 0 Å². The van der Waals surface area contributed by atoms with Crippen LogP contribution in [0.5, 0.6) is 0 Å². The van der Waals surface area contributed by atoms with Gasteiger partial charge in [0, 0.05) is 16.1 Å². The van der Waals surface area contributed by atoms with Crippen LogP contribution >= 0.6 is 15.9 Å². The SMILES string of the molecule is CC(C)(C)N(CC(=O)O)C1CCc2c(Br)cccc21. The first-order valence-electron chi connectivity index (χ1n) is 6.56. The molecule has 1 aliphatic rings. The van der Waals surface area contributed by atoms with E-state index < -0.39 is 5.97 Å². The Balaban J connectivity index is 2.36. The maximum absolute atomic E-state index is 11.1. The van der Waals surface area contributed by atoms with Gasteiger partial charge in [-0.15, -0.1) is 0 Å². The molecule has 0 fully saturated rings. The maximum atomic E-state index is 11.1. The molecule has 0 saturated heterocycles. The zero-order chi connectivity index (χ0) is 14.2. The highest BCUT2D eigenvalue weighted by molar-refractivity contribution is 9.10. The average Bonchev–Trinajstić information content (AvgIpc) is 2.69. The summed E-state index contributed by atoms with van der Waals surface area (Å²) in [5.74, 6) is -0.765. The van der Waals surface area contributed by atoms with E-state index in [4.69, 9.17) is 5.11 Å². The molecule has 1 N–H and O–H groups in total. The molecule has 1 aliphatic carbocycles. The van der Waals surface area contributed by atoms with Crippen LogP contribution < -0.4 is 0 Å². The third-order valence-electron chi connectivity index (χ3n) is 3.73. The Hall–Kier alpha value is -0.870. The van der Waals surface area contributed by atoms with Crippen molar-refractivity contribution in [3.8, 4) is 0 Å². The molecule has 0 radical (unpaired) electrons. The van der Waals surface area contributed by atoms with Crippen molar-refractivity contribution in [3.63, 3.8) is 0 Å². The fourth-order valence-electron chi connectivity index (χ4n) is 2.87. The van der Waals surface area contributed by atoms with Crippen LogP contribution in [0.1, 0.15) is 44.4 Å². The molecule has 3 nitrogen and oxygen atoms in total. The Morgan fingerprint density at radius 3 is 2.74 bits per heavy atom. The standard InChI is InChI=1S/C15H20BrNO2/c1-15(2,3)17(9-14(18)19)13-8-7-10-11(13)5-4-6-12(10)16/h4-6,13H,7-9H2,1-3H3,(H,18,19). The van der Waals surface area contributed by atoms with Gasteiger partial charge in [-0.3, -0.25) is 9.69 Å². The van der Waals surface area contributed by atoms with Crippen LogP contribution in [0.3, 0.4) is 0 Å². The van der Waals surface area contributed by atoms with Gasteiger partial charge in [0.05, 0.1) is 6.54 Å². The smallest absolute Gasteiger partial charge is 0.317 e. The van der Waals surface area contributed by atoms with Gasteiger partial charge in [-0.2, -0.15) is 0 Å². The largest absolute Gasteiger partial charge is 0.480 e. The van der Waals surface area contributed by atoms with Crippen molar-refractivity contribution in [1.82, 2.24) is 4.90 Å². The molecule has 0 amide bonds. The van der Waals surface area contributed by atoms with E-state index in [0.717, 1.165) is 17.3 Å². The van der Waals surface area contributed by atoms with Crippen LogP contribution in [-0.4, -0.2) is 28.1 Å². The molecule has 0 heterocycles. The van der Waals surface area contributed by atoms with E-state index >= 15 is 0 Å². The molecule has 1 unspecified atom stereocenters. The molecule has 4 heteroatoms. The number of hydrogen-bond acceptors (Lipinski definition) is 2. The zero-order valence-electron chi connectivity index (χ0n) is 11.6. The van der Waals surface area contributed by atoms with Gasteiger partial charge in [-0.1, -0.05) is 28.1 Å². The van der Waals surface area contributed by atoms with Crippen LogP contribution in [-0.2, 0) is 11.2 Å². The van der Waals surface area contributed by atoms with Gasteiger partial charge in [-0.05, 0) is 50.8 Å². The molecule has 1 aromatic rings. The molecule has 1 atom stereocenters. The molecule has 104 valence electrons. The van der Waals surface area contributed by atoms with Gasteiger partial charge in [0.15, 0.2) is 0 Å². The highest BCUT2D eigenvalue weighted by Gasteiger charge is 2.35. The Labute approximate surface area is 122 Å². The summed E-state index contributed by atoms with van der Waals surface area (Å²) in [6.45, 7) is 6.31. The summed E-state index contributed by atoms with van der Waals surface area (Å²) >= 11 is 3.59. The molecule has 0 aromatic heterocycles. The van der Waals surface area contributed by atoms with Gasteiger partial charge in [-0.25, -0.2) is 0 Å². The predicted octanol–water partition coefficient (Wildman–Crippen LogP) is 3.62. The molecule has 0 aliphatic heterocycles. The number of fused-ring (bicyclic) bond motifs is 1. The third kappa shape index (κ3) is 3.00. The number of carboxylic acid groups (broad SMARTS) is 1. The van der Waals surface area contributed by atoms with E-state index in [1.165, 1.54) is 11.1 Å². The monoisotopic (exact) mass is 325 g/mol.